The third-order valence-corrected chi connectivity index (χ3v) is 8.90. The summed E-state index contributed by atoms with van der Waals surface area (Å²) in [6, 6.07) is 6.80. The van der Waals surface area contributed by atoms with Gasteiger partial charge in [-0.05, 0) is 54.5 Å². The van der Waals surface area contributed by atoms with Gasteiger partial charge < -0.3 is 15.0 Å². The number of anilines is 1. The minimum absolute atomic E-state index is 0.0262. The molecular weight excluding hydrogens is 554 g/mol. The molecule has 1 unspecified atom stereocenters. The largest absolute Gasteiger partial charge is 0.445 e. The van der Waals surface area contributed by atoms with Crippen LogP contribution in [0.2, 0.25) is 0 Å². The highest BCUT2D eigenvalue weighted by molar-refractivity contribution is 8.00. The number of benzene rings is 1. The molecule has 0 saturated carbocycles. The van der Waals surface area contributed by atoms with Gasteiger partial charge in [-0.2, -0.15) is 11.8 Å². The number of nitrogens with one attached hydrogen (secondary N) is 1. The van der Waals surface area contributed by atoms with Crippen molar-refractivity contribution in [2.75, 3.05) is 31.7 Å². The van der Waals surface area contributed by atoms with Crippen molar-refractivity contribution in [2.45, 2.75) is 91.0 Å². The van der Waals surface area contributed by atoms with Crippen molar-refractivity contribution < 1.29 is 28.7 Å². The van der Waals surface area contributed by atoms with E-state index >= 15 is 0 Å². The molecule has 0 aromatic heterocycles. The van der Waals surface area contributed by atoms with E-state index in [-0.39, 0.29) is 60.0 Å². The van der Waals surface area contributed by atoms with E-state index < -0.39 is 12.1 Å². The molecule has 1 N–H and O–H groups in total. The van der Waals surface area contributed by atoms with Crippen molar-refractivity contribution in [2.24, 2.45) is 17.8 Å². The molecule has 2 rings (SSSR count). The van der Waals surface area contributed by atoms with Gasteiger partial charge in [0.2, 0.25) is 11.8 Å². The summed E-state index contributed by atoms with van der Waals surface area (Å²) in [5, 5.41) is 2.87. The Bertz CT molecular complexity index is 1070. The molecule has 1 aliphatic rings. The molecule has 1 aromatic rings. The van der Waals surface area contributed by atoms with Gasteiger partial charge in [0.1, 0.15) is 6.61 Å². The Morgan fingerprint density at radius 1 is 1.02 bits per heavy atom. The second kappa shape index (κ2) is 17.3. The lowest BCUT2D eigenvalue weighted by molar-refractivity contribution is -0.138. The number of likely N-dealkylation sites (N-methyl/N-ethyl adjacent to an activating group) is 1. The maximum absolute atomic E-state index is 12.9. The summed E-state index contributed by atoms with van der Waals surface area (Å²) >= 11 is 1.41. The fraction of sp³-hybridized carbons (Fsp3) is 0.656. The van der Waals surface area contributed by atoms with Crippen molar-refractivity contribution >= 4 is 46.9 Å². The van der Waals surface area contributed by atoms with Gasteiger partial charge in [0.15, 0.2) is 11.6 Å². The Labute approximate surface area is 255 Å². The minimum atomic E-state index is -0.533. The van der Waals surface area contributed by atoms with Crippen LogP contribution in [0.15, 0.2) is 24.3 Å². The Kier molecular flexibility index (Phi) is 14.5. The molecule has 9 nitrogen and oxygen atoms in total. The molecule has 1 aromatic carbocycles. The molecule has 1 aliphatic heterocycles. The third kappa shape index (κ3) is 10.7. The number of rotatable bonds is 18. The van der Waals surface area contributed by atoms with Crippen molar-refractivity contribution in [3.05, 3.63) is 29.8 Å². The minimum Gasteiger partial charge on any atom is -0.445 e. The Morgan fingerprint density at radius 3 is 2.26 bits per heavy atom. The summed E-state index contributed by atoms with van der Waals surface area (Å²) in [7, 11) is 1.62. The van der Waals surface area contributed by atoms with Crippen LogP contribution in [0.25, 0.3) is 0 Å². The highest BCUT2D eigenvalue weighted by Crippen LogP contribution is 2.24. The third-order valence-electron chi connectivity index (χ3n) is 7.96. The van der Waals surface area contributed by atoms with Crippen LogP contribution in [-0.2, 0) is 30.5 Å². The summed E-state index contributed by atoms with van der Waals surface area (Å²) < 4.78 is 5.50. The first kappa shape index (κ1) is 35.3. The average molecular weight is 604 g/mol. The van der Waals surface area contributed by atoms with Crippen LogP contribution >= 0.6 is 11.8 Å². The number of carbonyl (C=O) groups is 5. The highest BCUT2D eigenvalue weighted by Gasteiger charge is 2.37. The lowest BCUT2D eigenvalue weighted by Crippen LogP contribution is -2.46. The van der Waals surface area contributed by atoms with Gasteiger partial charge in [-0.1, -0.05) is 53.2 Å². The SMILES string of the molecule is CSC1CC(=O)N(CCCCCC(=O)CNc2ccc(COC(=O)N(C)[C@H](C(=O)C[C@H](C)C(C)C)C(C)C)cc2)C1=O. The number of ether oxygens (including phenoxy) is 1. The predicted octanol–water partition coefficient (Wildman–Crippen LogP) is 5.56. The summed E-state index contributed by atoms with van der Waals surface area (Å²) in [6.07, 6.45) is 4.64. The lowest BCUT2D eigenvalue weighted by Gasteiger charge is -2.30. The van der Waals surface area contributed by atoms with Gasteiger partial charge in [0.05, 0.1) is 17.8 Å². The number of carbonyl (C=O) groups excluding carboxylic acids is 5. The van der Waals surface area contributed by atoms with E-state index in [2.05, 4.69) is 26.1 Å². The van der Waals surface area contributed by atoms with E-state index in [0.717, 1.165) is 17.7 Å². The molecule has 1 fully saturated rings. The van der Waals surface area contributed by atoms with Crippen LogP contribution in [0.4, 0.5) is 10.5 Å². The molecule has 0 bridgehead atoms. The monoisotopic (exact) mass is 603 g/mol. The summed E-state index contributed by atoms with van der Waals surface area (Å²) in [5.74, 6) is 0.545. The zero-order valence-electron chi connectivity index (χ0n) is 26.3. The van der Waals surface area contributed by atoms with Crippen molar-refractivity contribution in [3.8, 4) is 0 Å². The van der Waals surface area contributed by atoms with E-state index in [9.17, 15) is 24.0 Å². The molecular formula is C32H49N3O6S. The maximum atomic E-state index is 12.9. The first-order valence-electron chi connectivity index (χ1n) is 15.0. The number of imide groups is 1. The van der Waals surface area contributed by atoms with Gasteiger partial charge in [0, 0.05) is 38.5 Å². The molecule has 0 spiro atoms. The number of amides is 3. The summed E-state index contributed by atoms with van der Waals surface area (Å²) in [4.78, 5) is 64.9. The molecule has 1 heterocycles. The summed E-state index contributed by atoms with van der Waals surface area (Å²) in [6.45, 7) is 10.8. The second-order valence-electron chi connectivity index (χ2n) is 12.0. The zero-order chi connectivity index (χ0) is 31.4. The molecule has 3 atom stereocenters. The fourth-order valence-electron chi connectivity index (χ4n) is 4.92. The Hall–Kier alpha value is -2.88. The molecule has 1 saturated heterocycles. The van der Waals surface area contributed by atoms with Crippen LogP contribution < -0.4 is 5.32 Å². The predicted molar refractivity (Wildman–Crippen MR) is 167 cm³/mol. The molecule has 3 amide bonds. The highest BCUT2D eigenvalue weighted by atomic mass is 32.2. The quantitative estimate of drug-likeness (QED) is 0.171. The Balaban J connectivity index is 1.70. The van der Waals surface area contributed by atoms with Gasteiger partial charge in [0.25, 0.3) is 0 Å². The number of hydrogen-bond donors (Lipinski definition) is 1. The number of unbranched alkanes of at least 4 members (excludes halogenated alkanes) is 2. The lowest BCUT2D eigenvalue weighted by atomic mass is 9.87. The second-order valence-corrected chi connectivity index (χ2v) is 13.0. The van der Waals surface area contributed by atoms with Crippen LogP contribution in [0.1, 0.15) is 78.7 Å². The first-order chi connectivity index (χ1) is 19.8. The van der Waals surface area contributed by atoms with Gasteiger partial charge in [-0.25, -0.2) is 4.79 Å². The van der Waals surface area contributed by atoms with E-state index in [1.807, 2.05) is 44.4 Å². The molecule has 10 heteroatoms. The van der Waals surface area contributed by atoms with Gasteiger partial charge in [-0.3, -0.25) is 24.1 Å². The van der Waals surface area contributed by atoms with Crippen LogP contribution in [0, 0.1) is 17.8 Å². The van der Waals surface area contributed by atoms with Crippen LogP contribution in [-0.4, -0.2) is 77.0 Å². The van der Waals surface area contributed by atoms with Crippen molar-refractivity contribution in [1.29, 1.82) is 0 Å². The molecule has 234 valence electrons. The van der Waals surface area contributed by atoms with Crippen molar-refractivity contribution in [1.82, 2.24) is 9.80 Å². The molecule has 0 aliphatic carbocycles. The van der Waals surface area contributed by atoms with E-state index in [4.69, 9.17) is 4.74 Å². The number of ketones is 2. The van der Waals surface area contributed by atoms with Crippen LogP contribution in [0.5, 0.6) is 0 Å². The van der Waals surface area contributed by atoms with Crippen molar-refractivity contribution in [3.63, 3.8) is 0 Å². The topological polar surface area (TPSA) is 113 Å². The first-order valence-corrected chi connectivity index (χ1v) is 16.3. The number of likely N-dealkylation sites (tertiary alicyclic amines) is 1. The summed E-state index contributed by atoms with van der Waals surface area (Å²) in [5.41, 5.74) is 1.59. The molecule has 42 heavy (non-hydrogen) atoms. The average Bonchev–Trinajstić information content (AvgIpc) is 3.22. The van der Waals surface area contributed by atoms with E-state index in [0.29, 0.717) is 38.1 Å². The van der Waals surface area contributed by atoms with Gasteiger partial charge >= 0.3 is 6.09 Å². The van der Waals surface area contributed by atoms with E-state index in [1.54, 1.807) is 7.05 Å². The van der Waals surface area contributed by atoms with E-state index in [1.165, 1.54) is 21.6 Å². The number of nitrogens with zero attached hydrogens (tertiary/aromatic N) is 2. The number of Topliss-reactive ketones (excluding diaryl/α,β-unsaturated/α-hetero) is 2. The zero-order valence-corrected chi connectivity index (χ0v) is 27.1. The van der Waals surface area contributed by atoms with Crippen LogP contribution in [0.3, 0.4) is 0 Å². The maximum Gasteiger partial charge on any atom is 0.410 e. The smallest absolute Gasteiger partial charge is 0.410 e. The standard InChI is InChI=1S/C32H49N3O6S/c1-21(2)23(5)17-27(37)30(22(3)4)34(6)32(40)41-20-24-12-14-25(15-13-24)33-19-26(36)11-9-8-10-16-35-29(38)18-28(42-7)31(35)39/h12-15,21-23,28,30,33H,8-11,16-20H2,1-7H3/t23-,28?,30-/m0/s1. The normalized spacial score (nSPS) is 16.6. The number of hydrogen-bond acceptors (Lipinski definition) is 8. The molecule has 0 radical (unpaired) electrons. The Morgan fingerprint density at radius 2 is 1.69 bits per heavy atom. The number of thioether (sulfide) groups is 1. The van der Waals surface area contributed by atoms with Gasteiger partial charge in [-0.15, -0.1) is 0 Å². The fourth-order valence-corrected chi connectivity index (χ4v) is 5.56.